The van der Waals surface area contributed by atoms with E-state index in [0.29, 0.717) is 18.0 Å². The van der Waals surface area contributed by atoms with Crippen LogP contribution in [-0.4, -0.2) is 54.7 Å². The summed E-state index contributed by atoms with van der Waals surface area (Å²) in [5.74, 6) is 0.351. The summed E-state index contributed by atoms with van der Waals surface area (Å²) in [5.41, 5.74) is 3.37. The van der Waals surface area contributed by atoms with E-state index >= 15 is 0 Å². The Bertz CT molecular complexity index is 1120. The van der Waals surface area contributed by atoms with E-state index in [-0.39, 0.29) is 12.3 Å². The van der Waals surface area contributed by atoms with E-state index in [1.807, 2.05) is 71.6 Å². The first-order valence-electron chi connectivity index (χ1n) is 12.0. The number of hydrogen-bond donors (Lipinski definition) is 1. The third-order valence-corrected chi connectivity index (χ3v) is 6.12. The number of carboxylic acid groups (broad SMARTS) is 1. The number of para-hydroxylation sites is 1. The molecule has 7 nitrogen and oxygen atoms in total. The SMILES string of the molecule is CC(C)CN(C(=O)c1ccc(N2CCN(c3ccc(CC(=O)O)cc3)CC2)nc1)c1ccccc1. The Morgan fingerprint density at radius 2 is 1.57 bits per heavy atom. The number of pyridine rings is 1. The Morgan fingerprint density at radius 1 is 0.914 bits per heavy atom. The van der Waals surface area contributed by atoms with E-state index in [9.17, 15) is 9.59 Å². The van der Waals surface area contributed by atoms with Gasteiger partial charge in [0.25, 0.3) is 5.91 Å². The Hall–Kier alpha value is -3.87. The molecule has 1 aliphatic rings. The van der Waals surface area contributed by atoms with Gasteiger partial charge in [-0.05, 0) is 47.9 Å². The molecule has 7 heteroatoms. The van der Waals surface area contributed by atoms with Crippen LogP contribution in [0.15, 0.2) is 72.9 Å². The summed E-state index contributed by atoms with van der Waals surface area (Å²) in [5, 5.41) is 8.94. The molecule has 0 atom stereocenters. The predicted octanol–water partition coefficient (Wildman–Crippen LogP) is 4.34. The molecule has 1 aromatic heterocycles. The number of aliphatic carboxylic acids is 1. The number of rotatable bonds is 8. The molecule has 0 unspecified atom stereocenters. The van der Waals surface area contributed by atoms with Crippen molar-refractivity contribution in [3.05, 3.63) is 84.1 Å². The molecule has 35 heavy (non-hydrogen) atoms. The molecule has 0 radical (unpaired) electrons. The molecular weight excluding hydrogens is 440 g/mol. The number of carbonyl (C=O) groups excluding carboxylic acids is 1. The number of aromatic nitrogens is 1. The topological polar surface area (TPSA) is 77.0 Å². The first kappa shape index (κ1) is 24.3. The maximum absolute atomic E-state index is 13.3. The zero-order valence-corrected chi connectivity index (χ0v) is 20.3. The molecule has 0 spiro atoms. The quantitative estimate of drug-likeness (QED) is 0.526. The van der Waals surface area contributed by atoms with E-state index in [4.69, 9.17) is 5.11 Å². The summed E-state index contributed by atoms with van der Waals surface area (Å²) in [4.78, 5) is 35.1. The van der Waals surface area contributed by atoms with Crippen LogP contribution in [0, 0.1) is 5.92 Å². The maximum atomic E-state index is 13.3. The van der Waals surface area contributed by atoms with Crippen molar-refractivity contribution in [3.8, 4) is 0 Å². The monoisotopic (exact) mass is 472 g/mol. The minimum atomic E-state index is -0.820. The number of carbonyl (C=O) groups is 2. The van der Waals surface area contributed by atoms with Crippen LogP contribution >= 0.6 is 0 Å². The summed E-state index contributed by atoms with van der Waals surface area (Å²) >= 11 is 0. The van der Waals surface area contributed by atoms with Gasteiger partial charge in [0.15, 0.2) is 0 Å². The van der Waals surface area contributed by atoms with Crippen molar-refractivity contribution < 1.29 is 14.7 Å². The average Bonchev–Trinajstić information content (AvgIpc) is 2.88. The second-order valence-corrected chi connectivity index (χ2v) is 9.26. The Kier molecular flexibility index (Phi) is 7.65. The van der Waals surface area contributed by atoms with Gasteiger partial charge in [0, 0.05) is 50.3 Å². The molecule has 1 fully saturated rings. The van der Waals surface area contributed by atoms with Crippen LogP contribution in [-0.2, 0) is 11.2 Å². The second kappa shape index (κ2) is 11.0. The van der Waals surface area contributed by atoms with Gasteiger partial charge in [-0.2, -0.15) is 0 Å². The number of benzene rings is 2. The van der Waals surface area contributed by atoms with Gasteiger partial charge in [-0.15, -0.1) is 0 Å². The molecule has 182 valence electrons. The van der Waals surface area contributed by atoms with Gasteiger partial charge in [0.05, 0.1) is 12.0 Å². The van der Waals surface area contributed by atoms with Crippen LogP contribution in [0.25, 0.3) is 0 Å². The zero-order chi connectivity index (χ0) is 24.8. The predicted molar refractivity (Wildman–Crippen MR) is 139 cm³/mol. The van der Waals surface area contributed by atoms with Crippen molar-refractivity contribution in [3.63, 3.8) is 0 Å². The minimum Gasteiger partial charge on any atom is -0.481 e. The molecule has 0 bridgehead atoms. The van der Waals surface area contributed by atoms with Crippen LogP contribution in [0.1, 0.15) is 29.8 Å². The summed E-state index contributed by atoms with van der Waals surface area (Å²) < 4.78 is 0. The summed E-state index contributed by atoms with van der Waals surface area (Å²) in [6.07, 6.45) is 1.72. The van der Waals surface area contributed by atoms with Crippen LogP contribution in [0.5, 0.6) is 0 Å². The standard InChI is InChI=1S/C28H32N4O3/c1-21(2)20-32(25-6-4-3-5-7-25)28(35)23-10-13-26(29-19-23)31-16-14-30(15-17-31)24-11-8-22(9-12-24)18-27(33)34/h3-13,19,21H,14-18,20H2,1-2H3,(H,33,34). The fourth-order valence-electron chi connectivity index (χ4n) is 4.33. The van der Waals surface area contributed by atoms with Crippen molar-refractivity contribution in [1.29, 1.82) is 0 Å². The van der Waals surface area contributed by atoms with Crippen LogP contribution in [0.4, 0.5) is 17.2 Å². The van der Waals surface area contributed by atoms with Crippen LogP contribution < -0.4 is 14.7 Å². The fraction of sp³-hybridized carbons (Fsp3) is 0.321. The van der Waals surface area contributed by atoms with Gasteiger partial charge in [-0.1, -0.05) is 44.2 Å². The van der Waals surface area contributed by atoms with Crippen molar-refractivity contribution in [1.82, 2.24) is 4.98 Å². The molecule has 4 rings (SSSR count). The lowest BCUT2D eigenvalue weighted by molar-refractivity contribution is -0.136. The van der Waals surface area contributed by atoms with Crippen LogP contribution in [0.2, 0.25) is 0 Å². The van der Waals surface area contributed by atoms with E-state index in [1.165, 1.54) is 0 Å². The minimum absolute atomic E-state index is 0.0405. The molecule has 2 aromatic carbocycles. The average molecular weight is 473 g/mol. The van der Waals surface area contributed by atoms with Crippen molar-refractivity contribution >= 4 is 29.1 Å². The number of amides is 1. The van der Waals surface area contributed by atoms with E-state index in [0.717, 1.165) is 48.9 Å². The lowest BCUT2D eigenvalue weighted by Gasteiger charge is -2.36. The number of hydrogen-bond acceptors (Lipinski definition) is 5. The zero-order valence-electron chi connectivity index (χ0n) is 20.3. The smallest absolute Gasteiger partial charge is 0.307 e. The van der Waals surface area contributed by atoms with Gasteiger partial charge < -0.3 is 19.8 Å². The third kappa shape index (κ3) is 6.18. The van der Waals surface area contributed by atoms with Gasteiger partial charge in [0.2, 0.25) is 0 Å². The highest BCUT2D eigenvalue weighted by atomic mass is 16.4. The Labute approximate surface area is 206 Å². The molecule has 0 aliphatic carbocycles. The van der Waals surface area contributed by atoms with Crippen LogP contribution in [0.3, 0.4) is 0 Å². The van der Waals surface area contributed by atoms with Crippen molar-refractivity contribution in [2.45, 2.75) is 20.3 Å². The van der Waals surface area contributed by atoms with E-state index in [2.05, 4.69) is 28.6 Å². The number of anilines is 3. The maximum Gasteiger partial charge on any atom is 0.307 e. The van der Waals surface area contributed by atoms with Gasteiger partial charge in [-0.25, -0.2) is 4.98 Å². The van der Waals surface area contributed by atoms with Gasteiger partial charge >= 0.3 is 5.97 Å². The van der Waals surface area contributed by atoms with Crippen molar-refractivity contribution in [2.24, 2.45) is 5.92 Å². The summed E-state index contributed by atoms with van der Waals surface area (Å²) in [6.45, 7) is 8.18. The van der Waals surface area contributed by atoms with E-state index < -0.39 is 5.97 Å². The molecule has 1 N–H and O–H groups in total. The third-order valence-electron chi connectivity index (χ3n) is 6.12. The highest BCUT2D eigenvalue weighted by molar-refractivity contribution is 6.06. The summed E-state index contributed by atoms with van der Waals surface area (Å²) in [7, 11) is 0. The number of carboxylic acids is 1. The number of piperazine rings is 1. The fourth-order valence-corrected chi connectivity index (χ4v) is 4.33. The normalized spacial score (nSPS) is 13.7. The number of nitrogens with zero attached hydrogens (tertiary/aromatic N) is 4. The van der Waals surface area contributed by atoms with Gasteiger partial charge in [0.1, 0.15) is 5.82 Å². The highest BCUT2D eigenvalue weighted by Gasteiger charge is 2.21. The molecule has 3 aromatic rings. The molecule has 2 heterocycles. The Morgan fingerprint density at radius 3 is 2.14 bits per heavy atom. The first-order valence-corrected chi connectivity index (χ1v) is 12.0. The second-order valence-electron chi connectivity index (χ2n) is 9.26. The highest BCUT2D eigenvalue weighted by Crippen LogP contribution is 2.22. The molecule has 1 aliphatic heterocycles. The summed E-state index contributed by atoms with van der Waals surface area (Å²) in [6, 6.07) is 21.3. The van der Waals surface area contributed by atoms with Crippen molar-refractivity contribution in [2.75, 3.05) is 47.4 Å². The van der Waals surface area contributed by atoms with Gasteiger partial charge in [-0.3, -0.25) is 9.59 Å². The molecule has 1 saturated heterocycles. The lowest BCUT2D eigenvalue weighted by Crippen LogP contribution is -2.46. The molecule has 1 amide bonds. The first-order chi connectivity index (χ1) is 16.9. The molecular formula is C28H32N4O3. The largest absolute Gasteiger partial charge is 0.481 e. The Balaban J connectivity index is 1.38. The lowest BCUT2D eigenvalue weighted by atomic mass is 10.1. The molecule has 0 saturated carbocycles. The van der Waals surface area contributed by atoms with E-state index in [1.54, 1.807) is 6.20 Å².